The van der Waals surface area contributed by atoms with Crippen molar-refractivity contribution in [3.8, 4) is 33.4 Å². The van der Waals surface area contributed by atoms with Gasteiger partial charge in [-0.15, -0.1) is 0 Å². The van der Waals surface area contributed by atoms with Gasteiger partial charge >= 0.3 is 0 Å². The number of hydrogen-bond donors (Lipinski definition) is 0. The van der Waals surface area contributed by atoms with Gasteiger partial charge in [0.25, 0.3) is 0 Å². The Bertz CT molecular complexity index is 2540. The van der Waals surface area contributed by atoms with Gasteiger partial charge in [-0.3, -0.25) is 0 Å². The third kappa shape index (κ3) is 4.83. The predicted molar refractivity (Wildman–Crippen MR) is 202 cm³/mol. The lowest BCUT2D eigenvalue weighted by atomic mass is 9.90. The van der Waals surface area contributed by atoms with Gasteiger partial charge in [-0.05, 0) is 75.7 Å². The molecule has 0 spiro atoms. The second-order valence-electron chi connectivity index (χ2n) is 12.1. The average molecular weight is 614 g/mol. The molecule has 1 heterocycles. The summed E-state index contributed by atoms with van der Waals surface area (Å²) in [4.78, 5) is 2.35. The van der Waals surface area contributed by atoms with Crippen molar-refractivity contribution in [2.24, 2.45) is 0 Å². The molecule has 0 aliphatic heterocycles. The number of hydrogen-bond acceptors (Lipinski definition) is 2. The summed E-state index contributed by atoms with van der Waals surface area (Å²) in [6, 6.07) is 66.8. The molecule has 1 aromatic heterocycles. The zero-order valence-electron chi connectivity index (χ0n) is 26.3. The van der Waals surface area contributed by atoms with Crippen LogP contribution in [0.25, 0.3) is 66.1 Å². The van der Waals surface area contributed by atoms with Crippen LogP contribution in [0, 0.1) is 0 Å². The van der Waals surface area contributed by atoms with E-state index in [0.717, 1.165) is 61.3 Å². The van der Waals surface area contributed by atoms with Crippen molar-refractivity contribution in [1.82, 2.24) is 0 Å². The Hall–Kier alpha value is -6.38. The van der Waals surface area contributed by atoms with Crippen LogP contribution in [-0.2, 0) is 0 Å². The SMILES string of the molecule is c1ccc(-c2ccc(-c3ccc(N(c4ccccc4)c4cccc5ccccc45)cc3)cc2-c2cccc3c2oc2ccccc23)cc1. The van der Waals surface area contributed by atoms with E-state index < -0.39 is 0 Å². The van der Waals surface area contributed by atoms with Crippen molar-refractivity contribution < 1.29 is 4.42 Å². The van der Waals surface area contributed by atoms with Crippen LogP contribution in [0.3, 0.4) is 0 Å². The highest BCUT2D eigenvalue weighted by atomic mass is 16.3. The fourth-order valence-electron chi connectivity index (χ4n) is 6.99. The molecule has 0 saturated heterocycles. The fraction of sp³-hybridized carbons (Fsp3) is 0. The Balaban J connectivity index is 1.18. The van der Waals surface area contributed by atoms with Gasteiger partial charge in [-0.1, -0.05) is 146 Å². The lowest BCUT2D eigenvalue weighted by Gasteiger charge is -2.27. The van der Waals surface area contributed by atoms with Crippen LogP contribution in [0.2, 0.25) is 0 Å². The largest absolute Gasteiger partial charge is 0.455 e. The van der Waals surface area contributed by atoms with E-state index in [1.165, 1.54) is 21.9 Å². The number of anilines is 3. The van der Waals surface area contributed by atoms with Crippen molar-refractivity contribution in [1.29, 1.82) is 0 Å². The predicted octanol–water partition coefficient (Wildman–Crippen LogP) is 13.2. The molecular formula is C46H31NO. The Kier molecular flexibility index (Phi) is 6.84. The number of furan rings is 1. The third-order valence-electron chi connectivity index (χ3n) is 9.28. The molecule has 0 aliphatic rings. The van der Waals surface area contributed by atoms with Crippen molar-refractivity contribution in [2.75, 3.05) is 4.90 Å². The minimum atomic E-state index is 0.905. The van der Waals surface area contributed by atoms with E-state index in [1.807, 2.05) is 12.1 Å². The monoisotopic (exact) mass is 613 g/mol. The van der Waals surface area contributed by atoms with Crippen LogP contribution in [0.4, 0.5) is 17.1 Å². The molecule has 9 rings (SSSR count). The van der Waals surface area contributed by atoms with Gasteiger partial charge in [0.2, 0.25) is 0 Å². The number of fused-ring (bicyclic) bond motifs is 4. The number of benzene rings is 8. The van der Waals surface area contributed by atoms with Crippen LogP contribution in [-0.4, -0.2) is 0 Å². The molecule has 0 atom stereocenters. The third-order valence-corrected chi connectivity index (χ3v) is 9.28. The van der Waals surface area contributed by atoms with E-state index >= 15 is 0 Å². The molecule has 0 unspecified atom stereocenters. The Morgan fingerprint density at radius 1 is 0.354 bits per heavy atom. The van der Waals surface area contributed by atoms with Crippen LogP contribution in [0.5, 0.6) is 0 Å². The highest BCUT2D eigenvalue weighted by Crippen LogP contribution is 2.43. The molecule has 0 N–H and O–H groups in total. The van der Waals surface area contributed by atoms with E-state index in [4.69, 9.17) is 4.42 Å². The minimum Gasteiger partial charge on any atom is -0.455 e. The maximum atomic E-state index is 6.53. The van der Waals surface area contributed by atoms with Crippen LogP contribution >= 0.6 is 0 Å². The smallest absolute Gasteiger partial charge is 0.143 e. The lowest BCUT2D eigenvalue weighted by molar-refractivity contribution is 0.670. The normalized spacial score (nSPS) is 11.3. The molecule has 9 aromatic rings. The maximum Gasteiger partial charge on any atom is 0.143 e. The van der Waals surface area contributed by atoms with Gasteiger partial charge in [0, 0.05) is 33.1 Å². The van der Waals surface area contributed by atoms with E-state index in [0.29, 0.717) is 0 Å². The second kappa shape index (κ2) is 11.8. The second-order valence-corrected chi connectivity index (χ2v) is 12.1. The number of rotatable bonds is 6. The molecule has 48 heavy (non-hydrogen) atoms. The topological polar surface area (TPSA) is 16.4 Å². The highest BCUT2D eigenvalue weighted by molar-refractivity contribution is 6.11. The van der Waals surface area contributed by atoms with Gasteiger partial charge in [0.05, 0.1) is 5.69 Å². The number of para-hydroxylation sites is 3. The van der Waals surface area contributed by atoms with Gasteiger partial charge in [-0.2, -0.15) is 0 Å². The summed E-state index contributed by atoms with van der Waals surface area (Å²) in [5.41, 5.74) is 12.1. The molecule has 0 saturated carbocycles. The van der Waals surface area contributed by atoms with E-state index in [-0.39, 0.29) is 0 Å². The summed E-state index contributed by atoms with van der Waals surface area (Å²) in [5, 5.41) is 4.70. The lowest BCUT2D eigenvalue weighted by Crippen LogP contribution is -2.10. The molecule has 8 aromatic carbocycles. The fourth-order valence-corrected chi connectivity index (χ4v) is 6.99. The van der Waals surface area contributed by atoms with Crippen molar-refractivity contribution in [2.45, 2.75) is 0 Å². The van der Waals surface area contributed by atoms with Gasteiger partial charge in [-0.25, -0.2) is 0 Å². The molecular weight excluding hydrogens is 583 g/mol. The molecule has 0 amide bonds. The molecule has 2 nitrogen and oxygen atoms in total. The maximum absolute atomic E-state index is 6.53. The van der Waals surface area contributed by atoms with Crippen LogP contribution in [0.1, 0.15) is 0 Å². The molecule has 0 fully saturated rings. The number of nitrogens with zero attached hydrogens (tertiary/aromatic N) is 1. The van der Waals surface area contributed by atoms with Crippen molar-refractivity contribution >= 4 is 49.8 Å². The summed E-state index contributed by atoms with van der Waals surface area (Å²) >= 11 is 0. The summed E-state index contributed by atoms with van der Waals surface area (Å²) in [7, 11) is 0. The summed E-state index contributed by atoms with van der Waals surface area (Å²) < 4.78 is 6.53. The van der Waals surface area contributed by atoms with Crippen LogP contribution in [0.15, 0.2) is 192 Å². The molecule has 0 radical (unpaired) electrons. The van der Waals surface area contributed by atoms with Crippen LogP contribution < -0.4 is 4.90 Å². The zero-order chi connectivity index (χ0) is 31.9. The summed E-state index contributed by atoms with van der Waals surface area (Å²) in [5.74, 6) is 0. The molecule has 2 heteroatoms. The molecule has 0 bridgehead atoms. The van der Waals surface area contributed by atoms with Gasteiger partial charge in [0.1, 0.15) is 11.2 Å². The van der Waals surface area contributed by atoms with Crippen molar-refractivity contribution in [3.63, 3.8) is 0 Å². The molecule has 0 aliphatic carbocycles. The summed E-state index contributed by atoms with van der Waals surface area (Å²) in [6.07, 6.45) is 0. The zero-order valence-corrected chi connectivity index (χ0v) is 26.3. The van der Waals surface area contributed by atoms with Gasteiger partial charge < -0.3 is 9.32 Å². The first-order chi connectivity index (χ1) is 23.8. The Morgan fingerprint density at radius 2 is 0.979 bits per heavy atom. The minimum absolute atomic E-state index is 0.905. The van der Waals surface area contributed by atoms with Crippen molar-refractivity contribution in [3.05, 3.63) is 188 Å². The quantitative estimate of drug-likeness (QED) is 0.185. The molecule has 226 valence electrons. The highest BCUT2D eigenvalue weighted by Gasteiger charge is 2.18. The Morgan fingerprint density at radius 3 is 1.81 bits per heavy atom. The first-order valence-corrected chi connectivity index (χ1v) is 16.4. The Labute approximate surface area is 279 Å². The van der Waals surface area contributed by atoms with Gasteiger partial charge in [0.15, 0.2) is 0 Å². The summed E-state index contributed by atoms with van der Waals surface area (Å²) in [6.45, 7) is 0. The first kappa shape index (κ1) is 27.9. The van der Waals surface area contributed by atoms with E-state index in [9.17, 15) is 0 Å². The standard InChI is InChI=1S/C46H31NO/c1-3-13-33(14-4-1)38-30-27-35(31-43(38)42-22-12-21-41-40-20-9-10-24-45(40)48-46(41)42)32-25-28-37(29-26-32)47(36-17-5-2-6-18-36)44-23-11-16-34-15-7-8-19-39(34)44/h1-31H. The van der Waals surface area contributed by atoms with E-state index in [1.54, 1.807) is 0 Å². The average Bonchev–Trinajstić information content (AvgIpc) is 3.55. The first-order valence-electron chi connectivity index (χ1n) is 16.4. The van der Waals surface area contributed by atoms with E-state index in [2.05, 4.69) is 181 Å².